The molecule has 1 saturated heterocycles. The van der Waals surface area contributed by atoms with E-state index in [0.717, 1.165) is 28.3 Å². The number of phenols is 2. The van der Waals surface area contributed by atoms with Crippen molar-refractivity contribution < 1.29 is 19.7 Å². The van der Waals surface area contributed by atoms with Crippen LogP contribution in [0, 0.1) is 0 Å². The van der Waals surface area contributed by atoms with E-state index in [9.17, 15) is 10.2 Å². The van der Waals surface area contributed by atoms with Crippen LogP contribution in [0.5, 0.6) is 23.0 Å². The lowest BCUT2D eigenvalue weighted by atomic mass is 10.00. The van der Waals surface area contributed by atoms with E-state index >= 15 is 0 Å². The topological polar surface area (TPSA) is 62.2 Å². The van der Waals surface area contributed by atoms with E-state index in [1.165, 1.54) is 32.4 Å². The predicted octanol–water partition coefficient (Wildman–Crippen LogP) is 6.35. The van der Waals surface area contributed by atoms with Gasteiger partial charge in [0, 0.05) is 12.6 Å². The van der Waals surface area contributed by atoms with E-state index in [4.69, 9.17) is 9.47 Å². The Labute approximate surface area is 211 Å². The summed E-state index contributed by atoms with van der Waals surface area (Å²) in [5.74, 6) is 1.97. The number of thioether (sulfide) groups is 1. The van der Waals surface area contributed by atoms with Crippen LogP contribution >= 0.6 is 24.2 Å². The minimum atomic E-state index is -0.240. The lowest BCUT2D eigenvalue weighted by Crippen LogP contribution is -2.33. The lowest BCUT2D eigenvalue weighted by molar-refractivity contribution is 0.182. The minimum Gasteiger partial charge on any atom is -0.508 e. The molecule has 0 aliphatic carbocycles. The fourth-order valence-electron chi connectivity index (χ4n) is 4.46. The normalized spacial score (nSPS) is 20.0. The van der Waals surface area contributed by atoms with Crippen LogP contribution < -0.4 is 9.47 Å². The second kappa shape index (κ2) is 11.3. The van der Waals surface area contributed by atoms with Crippen molar-refractivity contribution >= 4 is 24.2 Å². The highest BCUT2D eigenvalue weighted by Crippen LogP contribution is 2.53. The summed E-state index contributed by atoms with van der Waals surface area (Å²) in [7, 11) is 0. The first-order chi connectivity index (χ1) is 16.2. The van der Waals surface area contributed by atoms with E-state index in [2.05, 4.69) is 17.0 Å². The Kier molecular flexibility index (Phi) is 8.14. The summed E-state index contributed by atoms with van der Waals surface area (Å²) in [6, 6.07) is 20.6. The molecule has 5 rings (SSSR count). The summed E-state index contributed by atoms with van der Waals surface area (Å²) < 4.78 is 12.4. The molecule has 0 radical (unpaired) electrons. The van der Waals surface area contributed by atoms with Gasteiger partial charge in [0.1, 0.15) is 35.7 Å². The smallest absolute Gasteiger partial charge is 0.140 e. The Bertz CT molecular complexity index is 1070. The number of rotatable bonds is 6. The van der Waals surface area contributed by atoms with Crippen LogP contribution in [-0.4, -0.2) is 41.4 Å². The van der Waals surface area contributed by atoms with Gasteiger partial charge in [-0.1, -0.05) is 30.7 Å². The second-order valence-corrected chi connectivity index (χ2v) is 9.80. The van der Waals surface area contributed by atoms with Crippen molar-refractivity contribution in [2.24, 2.45) is 0 Å². The van der Waals surface area contributed by atoms with Gasteiger partial charge in [-0.15, -0.1) is 24.2 Å². The monoisotopic (exact) mass is 499 g/mol. The molecule has 7 heteroatoms. The van der Waals surface area contributed by atoms with Gasteiger partial charge in [-0.2, -0.15) is 0 Å². The van der Waals surface area contributed by atoms with Gasteiger partial charge in [0.2, 0.25) is 0 Å². The Morgan fingerprint density at radius 1 is 0.853 bits per heavy atom. The Hall–Kier alpha value is -2.54. The first-order valence-electron chi connectivity index (χ1n) is 11.6. The maximum absolute atomic E-state index is 9.93. The van der Waals surface area contributed by atoms with Crippen LogP contribution in [0.1, 0.15) is 41.7 Å². The van der Waals surface area contributed by atoms with E-state index in [1.807, 2.05) is 30.3 Å². The summed E-state index contributed by atoms with van der Waals surface area (Å²) >= 11 is 1.71. The number of aromatic hydroxyl groups is 2. The molecule has 2 aliphatic rings. The largest absolute Gasteiger partial charge is 0.508 e. The molecule has 2 aliphatic heterocycles. The van der Waals surface area contributed by atoms with Gasteiger partial charge in [0.15, 0.2) is 0 Å². The average Bonchev–Trinajstić information content (AvgIpc) is 2.85. The summed E-state index contributed by atoms with van der Waals surface area (Å²) in [5.41, 5.74) is 2.11. The molecule has 180 valence electrons. The van der Waals surface area contributed by atoms with Crippen LogP contribution in [0.3, 0.4) is 0 Å². The van der Waals surface area contributed by atoms with Crippen molar-refractivity contribution in [1.82, 2.24) is 4.90 Å². The molecule has 3 aromatic rings. The molecule has 2 heterocycles. The van der Waals surface area contributed by atoms with E-state index in [1.54, 1.807) is 36.0 Å². The summed E-state index contributed by atoms with van der Waals surface area (Å²) in [4.78, 5) is 3.46. The first kappa shape index (κ1) is 24.6. The molecule has 2 N–H and O–H groups in total. The third-order valence-corrected chi connectivity index (χ3v) is 7.63. The molecule has 0 bridgehead atoms. The number of hydrogen-bond donors (Lipinski definition) is 2. The van der Waals surface area contributed by atoms with Gasteiger partial charge in [-0.3, -0.25) is 4.90 Å². The standard InChI is InChI=1S/C27H29NO4S.ClH/c29-21-8-4-20(5-9-21)27-26(32-24-18-22(30)10-13-25(24)33-27)19-6-11-23(12-7-19)31-17-16-28-14-2-1-3-15-28;/h4-13,18,26-27,29-30H,1-3,14-17H2;1H. The number of fused-ring (bicyclic) bond motifs is 1. The molecule has 3 aromatic carbocycles. The van der Waals surface area contributed by atoms with Crippen molar-refractivity contribution in [2.75, 3.05) is 26.2 Å². The zero-order valence-electron chi connectivity index (χ0n) is 18.9. The summed E-state index contributed by atoms with van der Waals surface area (Å²) in [5, 5.41) is 19.7. The van der Waals surface area contributed by atoms with Crippen molar-refractivity contribution in [3.63, 3.8) is 0 Å². The Morgan fingerprint density at radius 3 is 2.26 bits per heavy atom. The summed E-state index contributed by atoms with van der Waals surface area (Å²) in [6.45, 7) is 4.01. The van der Waals surface area contributed by atoms with Crippen molar-refractivity contribution in [1.29, 1.82) is 0 Å². The number of nitrogens with zero attached hydrogens (tertiary/aromatic N) is 1. The molecular formula is C27H30ClNO4S. The minimum absolute atomic E-state index is 0. The molecule has 0 saturated carbocycles. The maximum Gasteiger partial charge on any atom is 0.140 e. The highest BCUT2D eigenvalue weighted by atomic mass is 35.5. The quantitative estimate of drug-likeness (QED) is 0.412. The van der Waals surface area contributed by atoms with Crippen LogP contribution in [0.15, 0.2) is 71.6 Å². The van der Waals surface area contributed by atoms with Gasteiger partial charge in [-0.05, 0) is 73.5 Å². The highest BCUT2D eigenvalue weighted by Gasteiger charge is 2.33. The number of likely N-dealkylation sites (tertiary alicyclic amines) is 1. The number of ether oxygens (including phenoxy) is 2. The number of phenolic OH excluding ortho intramolecular Hbond substituents is 2. The molecule has 1 fully saturated rings. The van der Waals surface area contributed by atoms with E-state index in [-0.39, 0.29) is 35.3 Å². The van der Waals surface area contributed by atoms with Crippen LogP contribution in [0.4, 0.5) is 0 Å². The molecule has 34 heavy (non-hydrogen) atoms. The van der Waals surface area contributed by atoms with Gasteiger partial charge < -0.3 is 19.7 Å². The lowest BCUT2D eigenvalue weighted by Gasteiger charge is -2.34. The number of benzene rings is 3. The SMILES string of the molecule is Cl.Oc1ccc(C2Sc3ccc(O)cc3OC2c2ccc(OCCN3CCCCC3)cc2)cc1. The highest BCUT2D eigenvalue weighted by molar-refractivity contribution is 7.99. The molecular weight excluding hydrogens is 470 g/mol. The Morgan fingerprint density at radius 2 is 1.53 bits per heavy atom. The molecule has 0 spiro atoms. The third-order valence-electron chi connectivity index (χ3n) is 6.27. The second-order valence-electron chi connectivity index (χ2n) is 8.62. The number of halogens is 1. The average molecular weight is 500 g/mol. The van der Waals surface area contributed by atoms with Gasteiger partial charge in [-0.25, -0.2) is 0 Å². The zero-order chi connectivity index (χ0) is 22.6. The van der Waals surface area contributed by atoms with Crippen LogP contribution in [0.2, 0.25) is 0 Å². The van der Waals surface area contributed by atoms with Crippen molar-refractivity contribution in [3.05, 3.63) is 77.9 Å². The molecule has 2 unspecified atom stereocenters. The molecule has 0 aromatic heterocycles. The van der Waals surface area contributed by atoms with Crippen LogP contribution in [-0.2, 0) is 0 Å². The summed E-state index contributed by atoms with van der Waals surface area (Å²) in [6.07, 6.45) is 3.68. The first-order valence-corrected chi connectivity index (χ1v) is 12.4. The Balaban J connectivity index is 0.00000274. The van der Waals surface area contributed by atoms with Crippen molar-refractivity contribution in [3.8, 4) is 23.0 Å². The van der Waals surface area contributed by atoms with Gasteiger partial charge >= 0.3 is 0 Å². The molecule has 5 nitrogen and oxygen atoms in total. The number of hydrogen-bond acceptors (Lipinski definition) is 6. The fourth-order valence-corrected chi connectivity index (χ4v) is 5.74. The van der Waals surface area contributed by atoms with Gasteiger partial charge in [0.05, 0.1) is 10.1 Å². The van der Waals surface area contributed by atoms with Gasteiger partial charge in [0.25, 0.3) is 0 Å². The van der Waals surface area contributed by atoms with E-state index in [0.29, 0.717) is 12.4 Å². The molecule has 0 amide bonds. The maximum atomic E-state index is 9.93. The zero-order valence-corrected chi connectivity index (χ0v) is 20.6. The van der Waals surface area contributed by atoms with Crippen molar-refractivity contribution in [2.45, 2.75) is 35.5 Å². The number of piperidine rings is 1. The third kappa shape index (κ3) is 5.74. The van der Waals surface area contributed by atoms with E-state index < -0.39 is 0 Å². The predicted molar refractivity (Wildman–Crippen MR) is 138 cm³/mol. The molecule has 2 atom stereocenters. The fraction of sp³-hybridized carbons (Fsp3) is 0.333. The van der Waals surface area contributed by atoms with Crippen LogP contribution in [0.25, 0.3) is 0 Å².